The number of rotatable bonds is 6. The van der Waals surface area contributed by atoms with E-state index < -0.39 is 0 Å². The molecule has 2 heterocycles. The Morgan fingerprint density at radius 3 is 2.30 bits per heavy atom. The van der Waals surface area contributed by atoms with Crippen LogP contribution >= 0.6 is 0 Å². The van der Waals surface area contributed by atoms with Crippen molar-refractivity contribution in [2.24, 2.45) is 0 Å². The van der Waals surface area contributed by atoms with Gasteiger partial charge < -0.3 is 13.9 Å². The summed E-state index contributed by atoms with van der Waals surface area (Å²) in [5.74, 6) is 0.813. The molecule has 0 aliphatic carbocycles. The van der Waals surface area contributed by atoms with E-state index in [0.717, 1.165) is 5.57 Å². The first kappa shape index (κ1) is 24.5. The third kappa shape index (κ3) is 6.23. The monoisotopic (exact) mass is 446 g/mol. The van der Waals surface area contributed by atoms with Crippen LogP contribution in [0, 0.1) is 20.8 Å². The smallest absolute Gasteiger partial charge is 0.291 e. The fraction of sp³-hybridized carbons (Fsp3) is 0.345. The molecule has 33 heavy (non-hydrogen) atoms. The van der Waals surface area contributed by atoms with Crippen molar-refractivity contribution in [2.45, 2.75) is 54.1 Å². The lowest BCUT2D eigenvalue weighted by Crippen LogP contribution is -2.15. The SMILES string of the molecule is COc1oc(C2C/C(=C/C(C)=C/C(C)=C/C(C)=C/c3ccc(C)cc3)CO2)c(C)c(=O)c1C. The topological polar surface area (TPSA) is 48.7 Å². The molecule has 0 bridgehead atoms. The van der Waals surface area contributed by atoms with Gasteiger partial charge in [0.25, 0.3) is 5.95 Å². The first-order chi connectivity index (χ1) is 15.7. The highest BCUT2D eigenvalue weighted by Crippen LogP contribution is 2.35. The Morgan fingerprint density at radius 1 is 0.970 bits per heavy atom. The van der Waals surface area contributed by atoms with Crippen LogP contribution in [0.2, 0.25) is 0 Å². The molecule has 1 fully saturated rings. The molecule has 1 aliphatic rings. The van der Waals surface area contributed by atoms with E-state index in [9.17, 15) is 4.79 Å². The van der Waals surface area contributed by atoms with Crippen molar-refractivity contribution >= 4 is 6.08 Å². The summed E-state index contributed by atoms with van der Waals surface area (Å²) >= 11 is 0. The largest absolute Gasteiger partial charge is 0.468 e. The maximum Gasteiger partial charge on any atom is 0.291 e. The van der Waals surface area contributed by atoms with Crippen molar-refractivity contribution in [3.05, 3.63) is 103 Å². The molecule has 3 rings (SSSR count). The van der Waals surface area contributed by atoms with Gasteiger partial charge in [-0.2, -0.15) is 0 Å². The Balaban J connectivity index is 1.73. The number of hydrogen-bond donors (Lipinski definition) is 0. The molecule has 1 aromatic carbocycles. The Bertz CT molecular complexity index is 1190. The van der Waals surface area contributed by atoms with Gasteiger partial charge in [0.15, 0.2) is 5.43 Å². The van der Waals surface area contributed by atoms with E-state index in [0.29, 0.717) is 29.9 Å². The lowest BCUT2D eigenvalue weighted by molar-refractivity contribution is 0.0880. The van der Waals surface area contributed by atoms with Gasteiger partial charge in [0.2, 0.25) is 0 Å². The summed E-state index contributed by atoms with van der Waals surface area (Å²) in [6.45, 7) is 12.4. The number of methoxy groups -OCH3 is 1. The van der Waals surface area contributed by atoms with Crippen LogP contribution in [0.15, 0.2) is 74.0 Å². The summed E-state index contributed by atoms with van der Waals surface area (Å²) in [6, 6.07) is 8.53. The van der Waals surface area contributed by atoms with Gasteiger partial charge in [-0.1, -0.05) is 70.9 Å². The molecule has 1 aliphatic heterocycles. The van der Waals surface area contributed by atoms with Gasteiger partial charge in [0.05, 0.1) is 19.3 Å². The lowest BCUT2D eigenvalue weighted by Gasteiger charge is -2.13. The molecule has 0 radical (unpaired) electrons. The lowest BCUT2D eigenvalue weighted by atomic mass is 10.0. The summed E-state index contributed by atoms with van der Waals surface area (Å²) in [6.07, 6.45) is 9.12. The molecule has 174 valence electrons. The van der Waals surface area contributed by atoms with Crippen LogP contribution in [0.5, 0.6) is 5.95 Å². The molecule has 1 aromatic heterocycles. The first-order valence-corrected chi connectivity index (χ1v) is 11.3. The zero-order valence-corrected chi connectivity index (χ0v) is 20.7. The highest BCUT2D eigenvalue weighted by Gasteiger charge is 2.28. The van der Waals surface area contributed by atoms with Crippen LogP contribution in [-0.2, 0) is 4.74 Å². The van der Waals surface area contributed by atoms with E-state index in [1.54, 1.807) is 13.8 Å². The number of hydrogen-bond acceptors (Lipinski definition) is 4. The van der Waals surface area contributed by atoms with Crippen molar-refractivity contribution < 1.29 is 13.9 Å². The summed E-state index contributed by atoms with van der Waals surface area (Å²) in [7, 11) is 1.51. The first-order valence-electron chi connectivity index (χ1n) is 11.3. The molecule has 0 N–H and O–H groups in total. The molecule has 0 saturated carbocycles. The third-order valence-electron chi connectivity index (χ3n) is 5.77. The molecule has 1 saturated heterocycles. The van der Waals surface area contributed by atoms with Gasteiger partial charge in [-0.3, -0.25) is 4.79 Å². The van der Waals surface area contributed by atoms with E-state index >= 15 is 0 Å². The normalized spacial score (nSPS) is 18.8. The predicted molar refractivity (Wildman–Crippen MR) is 135 cm³/mol. The second-order valence-electron chi connectivity index (χ2n) is 8.92. The minimum absolute atomic E-state index is 0.0555. The fourth-order valence-corrected chi connectivity index (χ4v) is 4.16. The van der Waals surface area contributed by atoms with Gasteiger partial charge in [-0.05, 0) is 52.7 Å². The Labute approximate surface area is 196 Å². The van der Waals surface area contributed by atoms with Crippen molar-refractivity contribution in [2.75, 3.05) is 13.7 Å². The van der Waals surface area contributed by atoms with Crippen molar-refractivity contribution in [1.29, 1.82) is 0 Å². The summed E-state index contributed by atoms with van der Waals surface area (Å²) < 4.78 is 17.1. The van der Waals surface area contributed by atoms with Crippen LogP contribution < -0.4 is 10.2 Å². The minimum atomic E-state index is -0.275. The highest BCUT2D eigenvalue weighted by atomic mass is 16.6. The van der Waals surface area contributed by atoms with Gasteiger partial charge in [-0.25, -0.2) is 0 Å². The number of allylic oxidation sites excluding steroid dienone is 6. The van der Waals surface area contributed by atoms with Gasteiger partial charge in [-0.15, -0.1) is 0 Å². The molecule has 0 spiro atoms. The average Bonchev–Trinajstić information content (AvgIpc) is 3.21. The summed E-state index contributed by atoms with van der Waals surface area (Å²) in [4.78, 5) is 12.5. The van der Waals surface area contributed by atoms with E-state index in [-0.39, 0.29) is 17.5 Å². The molecule has 4 nitrogen and oxygen atoms in total. The van der Waals surface area contributed by atoms with Crippen LogP contribution in [0.25, 0.3) is 6.08 Å². The van der Waals surface area contributed by atoms with Crippen LogP contribution in [-0.4, -0.2) is 13.7 Å². The Hall–Kier alpha value is -3.11. The zero-order valence-electron chi connectivity index (χ0n) is 20.7. The predicted octanol–water partition coefficient (Wildman–Crippen LogP) is 6.96. The minimum Gasteiger partial charge on any atom is -0.468 e. The Morgan fingerprint density at radius 2 is 1.64 bits per heavy atom. The van der Waals surface area contributed by atoms with Gasteiger partial charge in [0, 0.05) is 12.0 Å². The van der Waals surface area contributed by atoms with E-state index in [2.05, 4.69) is 76.3 Å². The van der Waals surface area contributed by atoms with Gasteiger partial charge >= 0.3 is 0 Å². The van der Waals surface area contributed by atoms with Crippen LogP contribution in [0.3, 0.4) is 0 Å². The third-order valence-corrected chi connectivity index (χ3v) is 5.77. The average molecular weight is 447 g/mol. The summed E-state index contributed by atoms with van der Waals surface area (Å²) in [5.41, 5.74) is 8.21. The molecule has 1 unspecified atom stereocenters. The molecule has 4 heteroatoms. The van der Waals surface area contributed by atoms with Crippen molar-refractivity contribution in [1.82, 2.24) is 0 Å². The number of benzene rings is 1. The molecule has 2 aromatic rings. The quantitative estimate of drug-likeness (QED) is 0.450. The fourth-order valence-electron chi connectivity index (χ4n) is 4.16. The van der Waals surface area contributed by atoms with Crippen LogP contribution in [0.4, 0.5) is 0 Å². The zero-order chi connectivity index (χ0) is 24.1. The van der Waals surface area contributed by atoms with Crippen molar-refractivity contribution in [3.8, 4) is 5.95 Å². The van der Waals surface area contributed by atoms with E-state index in [1.165, 1.54) is 35.0 Å². The number of ether oxygens (including phenoxy) is 2. The maximum absolute atomic E-state index is 12.5. The highest BCUT2D eigenvalue weighted by molar-refractivity contribution is 5.56. The molecular weight excluding hydrogens is 412 g/mol. The van der Waals surface area contributed by atoms with E-state index in [4.69, 9.17) is 13.9 Å². The Kier molecular flexibility index (Phi) is 7.93. The van der Waals surface area contributed by atoms with Gasteiger partial charge in [0.1, 0.15) is 11.9 Å². The molecule has 0 amide bonds. The molecular formula is C29H34O4. The summed E-state index contributed by atoms with van der Waals surface area (Å²) in [5, 5.41) is 0. The van der Waals surface area contributed by atoms with Crippen molar-refractivity contribution in [3.63, 3.8) is 0 Å². The number of aryl methyl sites for hydroxylation is 1. The van der Waals surface area contributed by atoms with E-state index in [1.807, 2.05) is 0 Å². The maximum atomic E-state index is 12.5. The standard InChI is InChI=1S/C29H34O4/c1-18-8-10-24(11-9-18)14-20(3)12-19(2)13-21(4)15-25-16-26(32-17-25)28-22(5)27(30)23(6)29(31-7)33-28/h8-15,26H,16-17H2,1-7H3/b19-12+,20-14+,21-13+,25-15-. The van der Waals surface area contributed by atoms with Crippen LogP contribution in [0.1, 0.15) is 61.3 Å². The molecule has 1 atom stereocenters. The second kappa shape index (κ2) is 10.7. The second-order valence-corrected chi connectivity index (χ2v) is 8.92.